The lowest BCUT2D eigenvalue weighted by Crippen LogP contribution is -2.02. The standard InChI is InChI=1S/C19H21N3O3S/c1-4-10-22-17(14-7-5-6-13(2)11-14)20-21-19(22)26-12-15-8-9-16(25-15)18(23)24-3/h5-9,11H,4,10,12H2,1-3H3. The third kappa shape index (κ3) is 3.99. The maximum absolute atomic E-state index is 11.5. The van der Waals surface area contributed by atoms with Crippen LogP contribution in [0, 0.1) is 6.92 Å². The molecular weight excluding hydrogens is 350 g/mol. The third-order valence-corrected chi connectivity index (χ3v) is 4.82. The Balaban J connectivity index is 1.80. The van der Waals surface area contributed by atoms with Gasteiger partial charge in [-0.2, -0.15) is 0 Å². The van der Waals surface area contributed by atoms with E-state index in [1.165, 1.54) is 24.4 Å². The van der Waals surface area contributed by atoms with Crippen molar-refractivity contribution in [2.45, 2.75) is 37.7 Å². The van der Waals surface area contributed by atoms with Crippen molar-refractivity contribution in [3.05, 3.63) is 53.5 Å². The molecule has 1 aromatic carbocycles. The van der Waals surface area contributed by atoms with E-state index in [1.54, 1.807) is 12.1 Å². The zero-order chi connectivity index (χ0) is 18.5. The fraction of sp³-hybridized carbons (Fsp3) is 0.316. The smallest absolute Gasteiger partial charge is 0.373 e. The Kier molecular flexibility index (Phi) is 5.78. The van der Waals surface area contributed by atoms with Gasteiger partial charge < -0.3 is 13.7 Å². The molecule has 0 saturated heterocycles. The normalized spacial score (nSPS) is 10.9. The van der Waals surface area contributed by atoms with Crippen LogP contribution in [0.1, 0.15) is 35.2 Å². The lowest BCUT2D eigenvalue weighted by Gasteiger charge is -2.09. The highest BCUT2D eigenvalue weighted by Gasteiger charge is 2.16. The number of hydrogen-bond acceptors (Lipinski definition) is 6. The number of furan rings is 1. The average Bonchev–Trinajstić information content (AvgIpc) is 3.27. The Morgan fingerprint density at radius 2 is 2.12 bits per heavy atom. The minimum Gasteiger partial charge on any atom is -0.463 e. The van der Waals surface area contributed by atoms with Crippen LogP contribution in [0.5, 0.6) is 0 Å². The number of aryl methyl sites for hydroxylation is 1. The molecule has 0 bridgehead atoms. The highest BCUT2D eigenvalue weighted by atomic mass is 32.2. The van der Waals surface area contributed by atoms with Crippen LogP contribution in [0.25, 0.3) is 11.4 Å². The van der Waals surface area contributed by atoms with E-state index in [4.69, 9.17) is 4.42 Å². The van der Waals surface area contributed by atoms with Gasteiger partial charge in [0.05, 0.1) is 12.9 Å². The highest BCUT2D eigenvalue weighted by molar-refractivity contribution is 7.98. The molecule has 0 saturated carbocycles. The van der Waals surface area contributed by atoms with Gasteiger partial charge in [-0.05, 0) is 31.5 Å². The molecule has 0 N–H and O–H groups in total. The molecule has 0 aliphatic heterocycles. The Bertz CT molecular complexity index is 901. The van der Waals surface area contributed by atoms with Gasteiger partial charge >= 0.3 is 5.97 Å². The van der Waals surface area contributed by atoms with Gasteiger partial charge in [0, 0.05) is 12.1 Å². The SMILES string of the molecule is CCCn1c(SCc2ccc(C(=O)OC)o2)nnc1-c1cccc(C)c1. The number of carbonyl (C=O) groups is 1. The lowest BCUT2D eigenvalue weighted by atomic mass is 10.1. The van der Waals surface area contributed by atoms with Gasteiger partial charge in [0.15, 0.2) is 11.0 Å². The largest absolute Gasteiger partial charge is 0.463 e. The number of methoxy groups -OCH3 is 1. The van der Waals surface area contributed by atoms with Crippen LogP contribution in [0.3, 0.4) is 0 Å². The maximum atomic E-state index is 11.5. The van der Waals surface area contributed by atoms with Crippen molar-refractivity contribution in [3.8, 4) is 11.4 Å². The first-order valence-corrected chi connectivity index (χ1v) is 9.41. The Morgan fingerprint density at radius 1 is 1.27 bits per heavy atom. The molecule has 0 aliphatic rings. The maximum Gasteiger partial charge on any atom is 0.373 e. The first-order chi connectivity index (χ1) is 12.6. The summed E-state index contributed by atoms with van der Waals surface area (Å²) in [6, 6.07) is 11.7. The van der Waals surface area contributed by atoms with E-state index in [0.717, 1.165) is 29.5 Å². The summed E-state index contributed by atoms with van der Waals surface area (Å²) in [5.74, 6) is 1.86. The predicted molar refractivity (Wildman–Crippen MR) is 100 cm³/mol. The number of aromatic nitrogens is 3. The minimum absolute atomic E-state index is 0.207. The predicted octanol–water partition coefficient (Wildman–Crippen LogP) is 4.34. The molecule has 0 aliphatic carbocycles. The first-order valence-electron chi connectivity index (χ1n) is 8.42. The van der Waals surface area contributed by atoms with Crippen molar-refractivity contribution in [2.24, 2.45) is 0 Å². The number of thioether (sulfide) groups is 1. The second-order valence-electron chi connectivity index (χ2n) is 5.87. The van der Waals surface area contributed by atoms with Crippen molar-refractivity contribution < 1.29 is 13.9 Å². The summed E-state index contributed by atoms with van der Waals surface area (Å²) in [5.41, 5.74) is 2.25. The summed E-state index contributed by atoms with van der Waals surface area (Å²) in [6.07, 6.45) is 0.984. The molecule has 7 heteroatoms. The van der Waals surface area contributed by atoms with Crippen LogP contribution in [0.4, 0.5) is 0 Å². The van der Waals surface area contributed by atoms with Crippen LogP contribution in [0.2, 0.25) is 0 Å². The van der Waals surface area contributed by atoms with Gasteiger partial charge in [-0.3, -0.25) is 0 Å². The molecule has 0 radical (unpaired) electrons. The molecule has 0 fully saturated rings. The van der Waals surface area contributed by atoms with Crippen molar-refractivity contribution >= 4 is 17.7 Å². The van der Waals surface area contributed by atoms with Gasteiger partial charge in [0.1, 0.15) is 5.76 Å². The van der Waals surface area contributed by atoms with E-state index >= 15 is 0 Å². The molecule has 6 nitrogen and oxygen atoms in total. The molecule has 0 spiro atoms. The molecule has 3 aromatic rings. The average molecular weight is 371 g/mol. The number of hydrogen-bond donors (Lipinski definition) is 0. The summed E-state index contributed by atoms with van der Waals surface area (Å²) in [7, 11) is 1.33. The number of rotatable bonds is 7. The van der Waals surface area contributed by atoms with E-state index in [0.29, 0.717) is 11.5 Å². The summed E-state index contributed by atoms with van der Waals surface area (Å²) in [6.45, 7) is 5.03. The monoisotopic (exact) mass is 371 g/mol. The Hall–Kier alpha value is -2.54. The summed E-state index contributed by atoms with van der Waals surface area (Å²) in [5, 5.41) is 9.58. The number of esters is 1. The molecular formula is C19H21N3O3S. The molecule has 0 atom stereocenters. The van der Waals surface area contributed by atoms with E-state index in [-0.39, 0.29) is 5.76 Å². The molecule has 0 amide bonds. The van der Waals surface area contributed by atoms with Gasteiger partial charge in [-0.25, -0.2) is 4.79 Å². The van der Waals surface area contributed by atoms with Crippen LogP contribution >= 0.6 is 11.8 Å². The number of benzene rings is 1. The fourth-order valence-electron chi connectivity index (χ4n) is 2.62. The molecule has 3 rings (SSSR count). The van der Waals surface area contributed by atoms with Crippen molar-refractivity contribution in [2.75, 3.05) is 7.11 Å². The van der Waals surface area contributed by atoms with E-state index in [1.807, 2.05) is 12.1 Å². The number of ether oxygens (including phenoxy) is 1. The van der Waals surface area contributed by atoms with E-state index in [2.05, 4.69) is 45.5 Å². The van der Waals surface area contributed by atoms with Gasteiger partial charge in [0.2, 0.25) is 5.76 Å². The lowest BCUT2D eigenvalue weighted by molar-refractivity contribution is 0.0563. The zero-order valence-electron chi connectivity index (χ0n) is 15.1. The molecule has 2 heterocycles. The topological polar surface area (TPSA) is 70.2 Å². The quantitative estimate of drug-likeness (QED) is 0.455. The zero-order valence-corrected chi connectivity index (χ0v) is 15.9. The van der Waals surface area contributed by atoms with Crippen LogP contribution in [-0.4, -0.2) is 27.8 Å². The molecule has 2 aromatic heterocycles. The third-order valence-electron chi connectivity index (χ3n) is 3.83. The van der Waals surface area contributed by atoms with Crippen molar-refractivity contribution in [1.82, 2.24) is 14.8 Å². The second kappa shape index (κ2) is 8.23. The fourth-order valence-corrected chi connectivity index (χ4v) is 3.48. The molecule has 136 valence electrons. The van der Waals surface area contributed by atoms with Gasteiger partial charge in [0.25, 0.3) is 0 Å². The minimum atomic E-state index is -0.475. The molecule has 0 unspecified atom stereocenters. The van der Waals surface area contributed by atoms with Crippen LogP contribution in [-0.2, 0) is 17.0 Å². The number of nitrogens with zero attached hydrogens (tertiary/aromatic N) is 3. The summed E-state index contributed by atoms with van der Waals surface area (Å²) < 4.78 is 12.3. The van der Waals surface area contributed by atoms with Gasteiger partial charge in [-0.15, -0.1) is 10.2 Å². The first kappa shape index (κ1) is 18.3. The summed E-state index contributed by atoms with van der Waals surface area (Å²) in [4.78, 5) is 11.5. The Morgan fingerprint density at radius 3 is 2.85 bits per heavy atom. The second-order valence-corrected chi connectivity index (χ2v) is 6.82. The number of carbonyl (C=O) groups excluding carboxylic acids is 1. The van der Waals surface area contributed by atoms with Crippen LogP contribution in [0.15, 0.2) is 46.0 Å². The van der Waals surface area contributed by atoms with E-state index in [9.17, 15) is 4.79 Å². The van der Waals surface area contributed by atoms with Crippen LogP contribution < -0.4 is 0 Å². The van der Waals surface area contributed by atoms with E-state index < -0.39 is 5.97 Å². The summed E-state index contributed by atoms with van der Waals surface area (Å²) >= 11 is 1.54. The van der Waals surface area contributed by atoms with Crippen molar-refractivity contribution in [3.63, 3.8) is 0 Å². The Labute approximate surface area is 156 Å². The molecule has 26 heavy (non-hydrogen) atoms. The van der Waals surface area contributed by atoms with Gasteiger partial charge in [-0.1, -0.05) is 42.4 Å². The highest BCUT2D eigenvalue weighted by Crippen LogP contribution is 2.27. The van der Waals surface area contributed by atoms with Crippen molar-refractivity contribution in [1.29, 1.82) is 0 Å².